The van der Waals surface area contributed by atoms with Crippen molar-refractivity contribution in [2.24, 2.45) is 17.6 Å². The number of aromatic nitrogens is 2. The number of nitrogens with two attached hydrogens (primary N) is 1. The van der Waals surface area contributed by atoms with E-state index in [1.165, 1.54) is 40.0 Å². The zero-order valence-corrected chi connectivity index (χ0v) is 17.3. The van der Waals surface area contributed by atoms with Gasteiger partial charge in [0.2, 0.25) is 0 Å². The number of anilines is 2. The van der Waals surface area contributed by atoms with Crippen molar-refractivity contribution < 1.29 is 19.1 Å². The highest BCUT2D eigenvalue weighted by atomic mass is 19.1. The lowest BCUT2D eigenvalue weighted by Crippen LogP contribution is -2.52. The lowest BCUT2D eigenvalue weighted by molar-refractivity contribution is 0.0520. The lowest BCUT2D eigenvalue weighted by atomic mass is 9.83. The maximum absolute atomic E-state index is 13.2. The van der Waals surface area contributed by atoms with Crippen molar-refractivity contribution in [3.05, 3.63) is 41.8 Å². The Balaban J connectivity index is 2.04. The van der Waals surface area contributed by atoms with Gasteiger partial charge in [0.25, 0.3) is 5.91 Å². The minimum atomic E-state index is -1.06. The van der Waals surface area contributed by atoms with Crippen molar-refractivity contribution in [1.29, 1.82) is 5.26 Å². The molecule has 0 spiro atoms. The molecular formula is C21H25FN6O3. The lowest BCUT2D eigenvalue weighted by Gasteiger charge is -2.42. The fraction of sp³-hybridized carbons (Fsp3) is 0.429. The Hall–Kier alpha value is -3.61. The number of primary amides is 1. The molecule has 2 aromatic rings. The van der Waals surface area contributed by atoms with Crippen molar-refractivity contribution in [2.45, 2.75) is 38.8 Å². The second-order valence-electron chi connectivity index (χ2n) is 8.06. The maximum Gasteiger partial charge on any atom is 0.407 e. The van der Waals surface area contributed by atoms with Gasteiger partial charge >= 0.3 is 6.09 Å². The first kappa shape index (κ1) is 22.1. The van der Waals surface area contributed by atoms with Crippen LogP contribution in [0.25, 0.3) is 0 Å². The van der Waals surface area contributed by atoms with Gasteiger partial charge in [0.15, 0.2) is 5.82 Å². The van der Waals surface area contributed by atoms with Crippen molar-refractivity contribution in [3.8, 4) is 6.07 Å². The fourth-order valence-corrected chi connectivity index (χ4v) is 4.04. The molecule has 0 bridgehead atoms. The molecule has 3 rings (SSSR count). The van der Waals surface area contributed by atoms with Gasteiger partial charge in [-0.15, -0.1) is 0 Å². The number of halogens is 1. The van der Waals surface area contributed by atoms with E-state index < -0.39 is 35.8 Å². The van der Waals surface area contributed by atoms with E-state index in [0.29, 0.717) is 18.5 Å². The molecule has 9 nitrogen and oxygen atoms in total. The number of carboxylic acid groups (broad SMARTS) is 1. The highest BCUT2D eigenvalue weighted by Gasteiger charge is 2.42. The molecule has 2 heterocycles. The standard InChI is InChI=1S/C21H25FN6O3/c1-12(2)9-17-18(13(10-23)7-8-27(17)21(30)31)28-11-16(19(24)29)20(26-28)25-15-5-3-14(22)4-6-15/h3-6,11-13,17-18H,7-9H2,1-2H3,(H2,24,29)(H,25,26)(H,30,31)/t13-,17?,18-/m1/s1. The van der Waals surface area contributed by atoms with Crippen LogP contribution in [0.15, 0.2) is 30.5 Å². The third-order valence-electron chi connectivity index (χ3n) is 5.42. The normalized spacial score (nSPS) is 21.0. The number of nitriles is 1. The Kier molecular flexibility index (Phi) is 6.44. The van der Waals surface area contributed by atoms with Gasteiger partial charge in [0, 0.05) is 18.4 Å². The van der Waals surface area contributed by atoms with Crippen molar-refractivity contribution in [3.63, 3.8) is 0 Å². The summed E-state index contributed by atoms with van der Waals surface area (Å²) in [6.45, 7) is 4.21. The summed E-state index contributed by atoms with van der Waals surface area (Å²) in [6, 6.07) is 6.71. The monoisotopic (exact) mass is 428 g/mol. The Morgan fingerprint density at radius 2 is 2.06 bits per heavy atom. The number of carbonyl (C=O) groups is 2. The number of hydrogen-bond acceptors (Lipinski definition) is 5. The Morgan fingerprint density at radius 1 is 1.39 bits per heavy atom. The number of piperidine rings is 1. The molecule has 31 heavy (non-hydrogen) atoms. The van der Waals surface area contributed by atoms with E-state index in [-0.39, 0.29) is 23.8 Å². The SMILES string of the molecule is CC(C)CC1[C@H](n2cc(C(N)=O)c(Nc3ccc(F)cc3)n2)[C@@H](C#N)CCN1C(=O)O. The van der Waals surface area contributed by atoms with Crippen LogP contribution in [0.4, 0.5) is 20.7 Å². The predicted molar refractivity (Wildman–Crippen MR) is 111 cm³/mol. The van der Waals surface area contributed by atoms with Crippen molar-refractivity contribution >= 4 is 23.5 Å². The Morgan fingerprint density at radius 3 is 2.61 bits per heavy atom. The number of rotatable bonds is 6. The largest absolute Gasteiger partial charge is 0.465 e. The number of carbonyl (C=O) groups excluding carboxylic acids is 1. The van der Waals surface area contributed by atoms with E-state index in [2.05, 4.69) is 16.5 Å². The molecule has 1 fully saturated rings. The average Bonchev–Trinajstić information content (AvgIpc) is 3.12. The summed E-state index contributed by atoms with van der Waals surface area (Å²) in [4.78, 5) is 25.3. The quantitative estimate of drug-likeness (QED) is 0.645. The van der Waals surface area contributed by atoms with Gasteiger partial charge in [-0.1, -0.05) is 13.8 Å². The van der Waals surface area contributed by atoms with Crippen LogP contribution in [0.2, 0.25) is 0 Å². The molecule has 164 valence electrons. The van der Waals surface area contributed by atoms with Gasteiger partial charge in [-0.3, -0.25) is 9.48 Å². The minimum Gasteiger partial charge on any atom is -0.465 e. The summed E-state index contributed by atoms with van der Waals surface area (Å²) >= 11 is 0. The van der Waals surface area contributed by atoms with E-state index in [1.807, 2.05) is 13.8 Å². The summed E-state index contributed by atoms with van der Waals surface area (Å²) in [5, 5.41) is 26.9. The first-order chi connectivity index (χ1) is 14.7. The number of nitrogens with one attached hydrogen (secondary N) is 1. The summed E-state index contributed by atoms with van der Waals surface area (Å²) in [5.41, 5.74) is 6.13. The highest BCUT2D eigenvalue weighted by molar-refractivity contribution is 5.98. The number of nitrogens with zero attached hydrogens (tertiary/aromatic N) is 4. The van der Waals surface area contributed by atoms with E-state index in [1.54, 1.807) is 0 Å². The molecule has 1 aromatic carbocycles. The van der Waals surface area contributed by atoms with Gasteiger partial charge in [-0.25, -0.2) is 9.18 Å². The van der Waals surface area contributed by atoms with E-state index in [0.717, 1.165) is 0 Å². The maximum atomic E-state index is 13.2. The number of benzene rings is 1. The first-order valence-electron chi connectivity index (χ1n) is 10.0. The number of likely N-dealkylation sites (tertiary alicyclic amines) is 1. The zero-order valence-electron chi connectivity index (χ0n) is 17.3. The number of hydrogen-bond donors (Lipinski definition) is 3. The second-order valence-corrected chi connectivity index (χ2v) is 8.06. The highest BCUT2D eigenvalue weighted by Crippen LogP contribution is 2.37. The number of amides is 2. The smallest absolute Gasteiger partial charge is 0.407 e. The van der Waals surface area contributed by atoms with Crippen LogP contribution in [0.5, 0.6) is 0 Å². The molecule has 0 radical (unpaired) electrons. The van der Waals surface area contributed by atoms with E-state index >= 15 is 0 Å². The summed E-state index contributed by atoms with van der Waals surface area (Å²) < 4.78 is 14.7. The van der Waals surface area contributed by atoms with Gasteiger partial charge in [0.1, 0.15) is 11.4 Å². The third kappa shape index (κ3) is 4.77. The van der Waals surface area contributed by atoms with Crippen molar-refractivity contribution in [2.75, 3.05) is 11.9 Å². The van der Waals surface area contributed by atoms with Gasteiger partial charge < -0.3 is 21.1 Å². The molecule has 10 heteroatoms. The van der Waals surface area contributed by atoms with Crippen LogP contribution in [-0.2, 0) is 0 Å². The van der Waals surface area contributed by atoms with Crippen LogP contribution >= 0.6 is 0 Å². The molecule has 1 aliphatic rings. The Labute approximate surface area is 179 Å². The van der Waals surface area contributed by atoms with Gasteiger partial charge in [0.05, 0.1) is 24.1 Å². The van der Waals surface area contributed by atoms with Crippen LogP contribution in [-0.4, -0.2) is 44.4 Å². The molecule has 1 saturated heterocycles. The topological polar surface area (TPSA) is 137 Å². The molecule has 1 unspecified atom stereocenters. The third-order valence-corrected chi connectivity index (χ3v) is 5.42. The van der Waals surface area contributed by atoms with E-state index in [4.69, 9.17) is 5.73 Å². The average molecular weight is 428 g/mol. The molecule has 2 amide bonds. The molecule has 3 atom stereocenters. The van der Waals surface area contributed by atoms with Crippen LogP contribution in [0.3, 0.4) is 0 Å². The molecule has 1 aromatic heterocycles. The second kappa shape index (κ2) is 9.04. The molecule has 0 aliphatic carbocycles. The molecular weight excluding hydrogens is 403 g/mol. The van der Waals surface area contributed by atoms with E-state index in [9.17, 15) is 24.3 Å². The van der Waals surface area contributed by atoms with Gasteiger partial charge in [-0.2, -0.15) is 10.4 Å². The molecule has 1 aliphatic heterocycles. The van der Waals surface area contributed by atoms with Crippen molar-refractivity contribution in [1.82, 2.24) is 14.7 Å². The predicted octanol–water partition coefficient (Wildman–Crippen LogP) is 3.34. The summed E-state index contributed by atoms with van der Waals surface area (Å²) in [5.74, 6) is -1.29. The van der Waals surface area contributed by atoms with Crippen LogP contribution in [0, 0.1) is 29.0 Å². The minimum absolute atomic E-state index is 0.0942. The zero-order chi connectivity index (χ0) is 22.7. The molecule has 0 saturated carbocycles. The van der Waals surface area contributed by atoms with Crippen LogP contribution < -0.4 is 11.1 Å². The summed E-state index contributed by atoms with van der Waals surface area (Å²) in [6.07, 6.45) is 1.27. The van der Waals surface area contributed by atoms with Gasteiger partial charge in [-0.05, 0) is 43.0 Å². The molecule has 4 N–H and O–H groups in total. The fourth-order valence-electron chi connectivity index (χ4n) is 4.04. The Bertz CT molecular complexity index is 998. The first-order valence-corrected chi connectivity index (χ1v) is 10.0. The summed E-state index contributed by atoms with van der Waals surface area (Å²) in [7, 11) is 0. The van der Waals surface area contributed by atoms with Crippen LogP contribution in [0.1, 0.15) is 43.1 Å².